The topological polar surface area (TPSA) is 43.4 Å². The predicted molar refractivity (Wildman–Crippen MR) is 79.3 cm³/mol. The van der Waals surface area contributed by atoms with E-state index in [2.05, 4.69) is 22.4 Å². The number of methoxy groups -OCH3 is 2. The minimum absolute atomic E-state index is 0.200. The molecule has 0 saturated heterocycles. The van der Waals surface area contributed by atoms with Crippen molar-refractivity contribution in [1.82, 2.24) is 10.3 Å². The summed E-state index contributed by atoms with van der Waals surface area (Å²) in [7, 11) is 5.28. The maximum Gasteiger partial charge on any atom is 0.137 e. The van der Waals surface area contributed by atoms with Crippen LogP contribution in [0.2, 0.25) is 0 Å². The molecule has 106 valence electrons. The second kappa shape index (κ2) is 6.91. The molecule has 0 saturated carbocycles. The molecule has 2 rings (SSSR count). The molecule has 0 aliphatic heterocycles. The van der Waals surface area contributed by atoms with Crippen molar-refractivity contribution in [3.05, 3.63) is 53.9 Å². The highest BCUT2D eigenvalue weighted by Crippen LogP contribution is 2.22. The molecule has 1 unspecified atom stereocenters. The lowest BCUT2D eigenvalue weighted by Gasteiger charge is -2.17. The first-order valence-corrected chi connectivity index (χ1v) is 6.56. The van der Waals surface area contributed by atoms with Gasteiger partial charge in [-0.3, -0.25) is 4.98 Å². The normalized spacial score (nSPS) is 11.9. The van der Waals surface area contributed by atoms with Crippen molar-refractivity contribution in [3.63, 3.8) is 0 Å². The minimum atomic E-state index is 0.200. The van der Waals surface area contributed by atoms with E-state index in [0.29, 0.717) is 0 Å². The number of nitrogens with zero attached hydrogens (tertiary/aromatic N) is 1. The fourth-order valence-corrected chi connectivity index (χ4v) is 2.12. The molecule has 20 heavy (non-hydrogen) atoms. The summed E-state index contributed by atoms with van der Waals surface area (Å²) >= 11 is 0. The zero-order chi connectivity index (χ0) is 14.4. The summed E-state index contributed by atoms with van der Waals surface area (Å²) in [6.45, 7) is 0. The molecule has 0 bridgehead atoms. The van der Waals surface area contributed by atoms with E-state index in [-0.39, 0.29) is 6.04 Å². The fraction of sp³-hybridized carbons (Fsp3) is 0.312. The lowest BCUT2D eigenvalue weighted by molar-refractivity contribution is 0.411. The maximum atomic E-state index is 5.22. The first kappa shape index (κ1) is 14.3. The van der Waals surface area contributed by atoms with E-state index < -0.39 is 0 Å². The average Bonchev–Trinajstić information content (AvgIpc) is 2.53. The molecular formula is C16H20N2O2. The third-order valence-corrected chi connectivity index (χ3v) is 3.32. The Morgan fingerprint density at radius 2 is 1.75 bits per heavy atom. The Balaban J connectivity index is 2.14. The first-order chi connectivity index (χ1) is 9.76. The number of ether oxygens (including phenoxy) is 2. The number of benzene rings is 1. The third-order valence-electron chi connectivity index (χ3n) is 3.32. The van der Waals surface area contributed by atoms with Crippen LogP contribution in [0.25, 0.3) is 0 Å². The molecule has 0 aliphatic carbocycles. The molecule has 4 nitrogen and oxygen atoms in total. The highest BCUT2D eigenvalue weighted by Gasteiger charge is 2.11. The van der Waals surface area contributed by atoms with Gasteiger partial charge in [0, 0.05) is 12.2 Å². The van der Waals surface area contributed by atoms with Gasteiger partial charge < -0.3 is 14.8 Å². The van der Waals surface area contributed by atoms with Crippen LogP contribution in [0.3, 0.4) is 0 Å². The number of hydrogen-bond acceptors (Lipinski definition) is 4. The van der Waals surface area contributed by atoms with Gasteiger partial charge in [0.1, 0.15) is 11.5 Å². The van der Waals surface area contributed by atoms with Crippen molar-refractivity contribution in [1.29, 1.82) is 0 Å². The Morgan fingerprint density at radius 3 is 2.35 bits per heavy atom. The van der Waals surface area contributed by atoms with Gasteiger partial charge in [0.05, 0.1) is 20.4 Å². The first-order valence-electron chi connectivity index (χ1n) is 6.56. The van der Waals surface area contributed by atoms with Crippen molar-refractivity contribution in [2.45, 2.75) is 12.5 Å². The van der Waals surface area contributed by atoms with Gasteiger partial charge in [-0.2, -0.15) is 0 Å². The summed E-state index contributed by atoms with van der Waals surface area (Å²) in [4.78, 5) is 4.21. The molecule has 1 aromatic carbocycles. The summed E-state index contributed by atoms with van der Waals surface area (Å²) in [6, 6.07) is 10.3. The summed E-state index contributed by atoms with van der Waals surface area (Å²) in [5, 5.41) is 3.32. The van der Waals surface area contributed by atoms with Crippen LogP contribution < -0.4 is 14.8 Å². The van der Waals surface area contributed by atoms with Crippen molar-refractivity contribution >= 4 is 0 Å². The smallest absolute Gasteiger partial charge is 0.137 e. The lowest BCUT2D eigenvalue weighted by Crippen LogP contribution is -2.19. The van der Waals surface area contributed by atoms with Gasteiger partial charge >= 0.3 is 0 Å². The standard InChI is InChI=1S/C16H20N2O2/c1-17-16(13-9-15(20-3)11-18-10-13)8-12-4-6-14(19-2)7-5-12/h4-7,9-11,16-17H,8H2,1-3H3. The summed E-state index contributed by atoms with van der Waals surface area (Å²) in [5.74, 6) is 1.65. The van der Waals surface area contributed by atoms with Gasteiger partial charge in [0.2, 0.25) is 0 Å². The van der Waals surface area contributed by atoms with Gasteiger partial charge in [0.25, 0.3) is 0 Å². The van der Waals surface area contributed by atoms with Crippen molar-refractivity contribution in [2.75, 3.05) is 21.3 Å². The molecule has 0 aliphatic rings. The van der Waals surface area contributed by atoms with Crippen LogP contribution in [0.1, 0.15) is 17.2 Å². The second-order valence-corrected chi connectivity index (χ2v) is 4.55. The zero-order valence-electron chi connectivity index (χ0n) is 12.1. The summed E-state index contributed by atoms with van der Waals surface area (Å²) < 4.78 is 10.4. The molecule has 1 heterocycles. The van der Waals surface area contributed by atoms with E-state index in [9.17, 15) is 0 Å². The summed E-state index contributed by atoms with van der Waals surface area (Å²) in [6.07, 6.45) is 4.46. The van der Waals surface area contributed by atoms with Crippen molar-refractivity contribution < 1.29 is 9.47 Å². The maximum absolute atomic E-state index is 5.22. The van der Waals surface area contributed by atoms with Crippen molar-refractivity contribution in [2.24, 2.45) is 0 Å². The number of likely N-dealkylation sites (N-methyl/N-ethyl adjacent to an activating group) is 1. The van der Waals surface area contributed by atoms with Crippen LogP contribution in [0, 0.1) is 0 Å². The van der Waals surface area contributed by atoms with E-state index in [4.69, 9.17) is 9.47 Å². The fourth-order valence-electron chi connectivity index (χ4n) is 2.12. The van der Waals surface area contributed by atoms with Crippen LogP contribution in [0.4, 0.5) is 0 Å². The number of pyridine rings is 1. The Labute approximate surface area is 119 Å². The van der Waals surface area contributed by atoms with E-state index in [0.717, 1.165) is 23.5 Å². The minimum Gasteiger partial charge on any atom is -0.497 e. The van der Waals surface area contributed by atoms with Crippen LogP contribution in [-0.2, 0) is 6.42 Å². The highest BCUT2D eigenvalue weighted by molar-refractivity contribution is 5.31. The van der Waals surface area contributed by atoms with Crippen LogP contribution in [0.15, 0.2) is 42.7 Å². The van der Waals surface area contributed by atoms with Gasteiger partial charge in [-0.25, -0.2) is 0 Å². The monoisotopic (exact) mass is 272 g/mol. The van der Waals surface area contributed by atoms with Crippen LogP contribution in [0.5, 0.6) is 11.5 Å². The molecule has 1 aromatic heterocycles. The van der Waals surface area contributed by atoms with Crippen LogP contribution >= 0.6 is 0 Å². The zero-order valence-corrected chi connectivity index (χ0v) is 12.1. The van der Waals surface area contributed by atoms with E-state index in [1.54, 1.807) is 20.4 Å². The van der Waals surface area contributed by atoms with Gasteiger partial charge in [-0.05, 0) is 42.8 Å². The SMILES string of the molecule is CNC(Cc1ccc(OC)cc1)c1cncc(OC)c1. The summed E-state index contributed by atoms with van der Waals surface area (Å²) in [5.41, 5.74) is 2.36. The predicted octanol–water partition coefficient (Wildman–Crippen LogP) is 2.60. The third kappa shape index (κ3) is 3.48. The molecule has 1 N–H and O–H groups in total. The number of aromatic nitrogens is 1. The molecule has 0 spiro atoms. The number of rotatable bonds is 6. The molecule has 4 heteroatoms. The Morgan fingerprint density at radius 1 is 1.05 bits per heavy atom. The quantitative estimate of drug-likeness (QED) is 0.878. The number of nitrogens with one attached hydrogen (secondary N) is 1. The lowest BCUT2D eigenvalue weighted by atomic mass is 10.0. The van der Waals surface area contributed by atoms with E-state index in [1.807, 2.05) is 31.4 Å². The molecule has 2 aromatic rings. The Hall–Kier alpha value is -2.07. The van der Waals surface area contributed by atoms with Gasteiger partial charge in [-0.1, -0.05) is 12.1 Å². The molecule has 1 atom stereocenters. The van der Waals surface area contributed by atoms with E-state index >= 15 is 0 Å². The molecule has 0 radical (unpaired) electrons. The molecule has 0 fully saturated rings. The Bertz CT molecular complexity index is 540. The van der Waals surface area contributed by atoms with Gasteiger partial charge in [0.15, 0.2) is 0 Å². The molecule has 0 amide bonds. The second-order valence-electron chi connectivity index (χ2n) is 4.55. The average molecular weight is 272 g/mol. The largest absolute Gasteiger partial charge is 0.497 e. The Kier molecular flexibility index (Phi) is 4.96. The molecular weight excluding hydrogens is 252 g/mol. The van der Waals surface area contributed by atoms with Crippen molar-refractivity contribution in [3.8, 4) is 11.5 Å². The van der Waals surface area contributed by atoms with E-state index in [1.165, 1.54) is 5.56 Å². The van der Waals surface area contributed by atoms with Gasteiger partial charge in [-0.15, -0.1) is 0 Å². The van der Waals surface area contributed by atoms with Crippen LogP contribution in [-0.4, -0.2) is 26.3 Å². The highest BCUT2D eigenvalue weighted by atomic mass is 16.5. The number of hydrogen-bond donors (Lipinski definition) is 1.